The van der Waals surface area contributed by atoms with Crippen LogP contribution in [-0.2, 0) is 0 Å². The molecule has 1 rings (SSSR count). The Bertz CT molecular complexity index is 374. The first-order chi connectivity index (χ1) is 8.42. The Morgan fingerprint density at radius 2 is 1.89 bits per heavy atom. The fourth-order valence-corrected chi connectivity index (χ4v) is 0.818. The number of aromatic nitrogens is 2. The lowest BCUT2D eigenvalue weighted by Crippen LogP contribution is -2.19. The number of nitrogens with zero attached hydrogens (tertiary/aromatic N) is 2. The second-order valence-electron chi connectivity index (χ2n) is 2.78. The average Bonchev–Trinajstić information content (AvgIpc) is 2.37. The van der Waals surface area contributed by atoms with Crippen molar-refractivity contribution in [1.82, 2.24) is 9.97 Å². The zero-order valence-corrected chi connectivity index (χ0v) is 10.3. The Hall–Kier alpha value is -1.66. The van der Waals surface area contributed by atoms with Gasteiger partial charge in [0.2, 0.25) is 5.88 Å². The van der Waals surface area contributed by atoms with E-state index < -0.39 is 18.6 Å². The second kappa shape index (κ2) is 7.62. The van der Waals surface area contributed by atoms with Crippen molar-refractivity contribution >= 4 is 5.83 Å². The first-order valence-corrected chi connectivity index (χ1v) is 5.26. The summed E-state index contributed by atoms with van der Waals surface area (Å²) < 4.78 is 52.5. The molecule has 0 atom stereocenters. The predicted molar refractivity (Wildman–Crippen MR) is 59.7 cm³/mol. The minimum Gasteiger partial charge on any atom is -0.467 e. The molecule has 0 saturated carbocycles. The van der Waals surface area contributed by atoms with E-state index in [1.165, 1.54) is 13.0 Å². The highest BCUT2D eigenvalue weighted by molar-refractivity contribution is 5.53. The lowest BCUT2D eigenvalue weighted by molar-refractivity contribution is -0.154. The van der Waals surface area contributed by atoms with Gasteiger partial charge in [-0.05, 0) is 13.0 Å². The summed E-state index contributed by atoms with van der Waals surface area (Å²) in [4.78, 5) is 7.04. The van der Waals surface area contributed by atoms with E-state index in [0.29, 0.717) is 0 Å². The summed E-state index contributed by atoms with van der Waals surface area (Å²) in [5, 5.41) is 0. The van der Waals surface area contributed by atoms with E-state index in [9.17, 15) is 17.6 Å². The highest BCUT2D eigenvalue weighted by Crippen LogP contribution is 2.17. The topological polar surface area (TPSA) is 35.0 Å². The molecule has 102 valence electrons. The van der Waals surface area contributed by atoms with Crippen LogP contribution in [0, 0.1) is 0 Å². The van der Waals surface area contributed by atoms with Gasteiger partial charge in [-0.15, -0.1) is 0 Å². The summed E-state index contributed by atoms with van der Waals surface area (Å²) in [5.74, 6) is -0.903. The van der Waals surface area contributed by atoms with E-state index in [0.717, 1.165) is 12.4 Å². The summed E-state index contributed by atoms with van der Waals surface area (Å²) in [6.07, 6.45) is -1.33. The molecule has 1 aromatic heterocycles. The third-order valence-corrected chi connectivity index (χ3v) is 1.51. The highest BCUT2D eigenvalue weighted by Gasteiger charge is 2.28. The predicted octanol–water partition coefficient (Wildman–Crippen LogP) is 3.77. The van der Waals surface area contributed by atoms with E-state index in [1.807, 2.05) is 13.8 Å². The molecular weight excluding hydrogens is 252 g/mol. The van der Waals surface area contributed by atoms with Crippen LogP contribution in [-0.4, -0.2) is 22.8 Å². The molecule has 0 radical (unpaired) electrons. The molecule has 0 bridgehead atoms. The summed E-state index contributed by atoms with van der Waals surface area (Å²) >= 11 is 0. The van der Waals surface area contributed by atoms with E-state index in [2.05, 4.69) is 14.7 Å². The van der Waals surface area contributed by atoms with Crippen molar-refractivity contribution in [1.29, 1.82) is 0 Å². The molecular formula is C11H14F4N2O. The molecule has 1 heterocycles. The summed E-state index contributed by atoms with van der Waals surface area (Å²) in [6.45, 7) is 4.01. The number of hydrogen-bond donors (Lipinski definition) is 0. The monoisotopic (exact) mass is 266 g/mol. The smallest absolute Gasteiger partial charge is 0.422 e. The Morgan fingerprint density at radius 3 is 2.28 bits per heavy atom. The number of halogens is 4. The molecule has 0 unspecified atom stereocenters. The van der Waals surface area contributed by atoms with Gasteiger partial charge in [-0.1, -0.05) is 13.8 Å². The lowest BCUT2D eigenvalue weighted by Gasteiger charge is -2.07. The van der Waals surface area contributed by atoms with E-state index >= 15 is 0 Å². The highest BCUT2D eigenvalue weighted by atomic mass is 19.4. The largest absolute Gasteiger partial charge is 0.467 e. The van der Waals surface area contributed by atoms with Crippen molar-refractivity contribution in [2.45, 2.75) is 26.9 Å². The molecule has 0 fully saturated rings. The van der Waals surface area contributed by atoms with Crippen LogP contribution in [0.3, 0.4) is 0 Å². The van der Waals surface area contributed by atoms with Gasteiger partial charge in [0.15, 0.2) is 6.61 Å². The van der Waals surface area contributed by atoms with Gasteiger partial charge in [-0.2, -0.15) is 13.2 Å². The van der Waals surface area contributed by atoms with Gasteiger partial charge < -0.3 is 4.74 Å². The molecule has 0 aliphatic carbocycles. The zero-order chi connectivity index (χ0) is 14.2. The van der Waals surface area contributed by atoms with Gasteiger partial charge >= 0.3 is 6.18 Å². The van der Waals surface area contributed by atoms with Crippen LogP contribution in [0.1, 0.15) is 26.5 Å². The second-order valence-corrected chi connectivity index (χ2v) is 2.78. The Balaban J connectivity index is 0.00000137. The Morgan fingerprint density at radius 1 is 1.28 bits per heavy atom. The number of alkyl halides is 3. The summed E-state index contributed by atoms with van der Waals surface area (Å²) in [5.41, 5.74) is -0.0538. The van der Waals surface area contributed by atoms with E-state index in [4.69, 9.17) is 0 Å². The summed E-state index contributed by atoms with van der Waals surface area (Å²) in [6, 6.07) is 0. The van der Waals surface area contributed by atoms with Crippen LogP contribution >= 0.6 is 0 Å². The van der Waals surface area contributed by atoms with Crippen molar-refractivity contribution in [2.24, 2.45) is 0 Å². The molecule has 7 heteroatoms. The summed E-state index contributed by atoms with van der Waals surface area (Å²) in [7, 11) is 0. The van der Waals surface area contributed by atoms with Gasteiger partial charge in [0.05, 0.1) is 12.4 Å². The van der Waals surface area contributed by atoms with Crippen LogP contribution in [0.2, 0.25) is 0 Å². The number of ether oxygens (including phenoxy) is 1. The minimum atomic E-state index is -4.44. The van der Waals surface area contributed by atoms with Gasteiger partial charge in [-0.3, -0.25) is 0 Å². The van der Waals surface area contributed by atoms with Crippen molar-refractivity contribution in [3.8, 4) is 5.88 Å². The van der Waals surface area contributed by atoms with Crippen molar-refractivity contribution < 1.29 is 22.3 Å². The number of allylic oxidation sites excluding steroid dienone is 1. The molecule has 0 amide bonds. The fourth-order valence-electron chi connectivity index (χ4n) is 0.818. The van der Waals surface area contributed by atoms with Crippen LogP contribution in [0.5, 0.6) is 5.88 Å². The molecule has 0 aliphatic rings. The molecule has 0 aromatic carbocycles. The number of rotatable bonds is 3. The lowest BCUT2D eigenvalue weighted by atomic mass is 10.4. The maximum Gasteiger partial charge on any atom is 0.422 e. The molecule has 0 saturated heterocycles. The molecule has 18 heavy (non-hydrogen) atoms. The minimum absolute atomic E-state index is 0.0538. The molecule has 1 aromatic rings. The third-order valence-electron chi connectivity index (χ3n) is 1.51. The van der Waals surface area contributed by atoms with E-state index in [-0.39, 0.29) is 11.6 Å². The third kappa shape index (κ3) is 6.17. The fraction of sp³-hybridized carbons (Fsp3) is 0.455. The molecule has 3 nitrogen and oxygen atoms in total. The van der Waals surface area contributed by atoms with Gasteiger partial charge in [0.1, 0.15) is 11.5 Å². The van der Waals surface area contributed by atoms with Crippen molar-refractivity contribution in [3.05, 3.63) is 24.2 Å². The maximum absolute atomic E-state index is 12.9. The van der Waals surface area contributed by atoms with Crippen molar-refractivity contribution in [3.63, 3.8) is 0 Å². The first-order valence-electron chi connectivity index (χ1n) is 5.26. The molecule has 0 aliphatic heterocycles. The quantitative estimate of drug-likeness (QED) is 0.781. The first kappa shape index (κ1) is 16.3. The SMILES string of the molecule is C/C=C(\F)c1cnc(OCC(F)(F)F)cn1.CC. The molecule has 0 spiro atoms. The molecule has 0 N–H and O–H groups in total. The van der Waals surface area contributed by atoms with Crippen LogP contribution in [0.25, 0.3) is 5.83 Å². The van der Waals surface area contributed by atoms with Crippen molar-refractivity contribution in [2.75, 3.05) is 6.61 Å². The van der Waals surface area contributed by atoms with E-state index in [1.54, 1.807) is 0 Å². The van der Waals surface area contributed by atoms with Gasteiger partial charge in [0.25, 0.3) is 0 Å². The Labute approximate surface area is 103 Å². The zero-order valence-electron chi connectivity index (χ0n) is 10.3. The van der Waals surface area contributed by atoms with Crippen LogP contribution < -0.4 is 4.74 Å². The Kier molecular flexibility index (Phi) is 6.92. The number of hydrogen-bond acceptors (Lipinski definition) is 3. The van der Waals surface area contributed by atoms with Gasteiger partial charge in [0, 0.05) is 0 Å². The maximum atomic E-state index is 12.9. The van der Waals surface area contributed by atoms with Gasteiger partial charge in [-0.25, -0.2) is 14.4 Å². The van der Waals surface area contributed by atoms with Crippen LogP contribution in [0.15, 0.2) is 18.5 Å². The van der Waals surface area contributed by atoms with Crippen LogP contribution in [0.4, 0.5) is 17.6 Å². The average molecular weight is 266 g/mol. The standard InChI is InChI=1S/C9H8F4N2O.C2H6/c1-2-6(10)7-3-15-8(4-14-7)16-5-9(11,12)13;1-2/h2-4H,5H2,1H3;1-2H3/b6-2-;. The normalized spacial score (nSPS) is 11.6.